The maximum Gasteiger partial charge on any atom is 0.257 e. The van der Waals surface area contributed by atoms with Crippen LogP contribution in [0.4, 0.5) is 0 Å². The number of nitrogens with one attached hydrogen (secondary N) is 1. The molecule has 1 saturated carbocycles. The highest BCUT2D eigenvalue weighted by Gasteiger charge is 2.23. The maximum absolute atomic E-state index is 12.0. The molecular weight excluding hydrogens is 226 g/mol. The molecule has 6 heteroatoms. The maximum atomic E-state index is 12.0. The molecule has 1 N–H and O–H groups in total. The molecule has 1 aliphatic carbocycles. The highest BCUT2D eigenvalue weighted by Crippen LogP contribution is 2.19. The van der Waals surface area contributed by atoms with Crippen LogP contribution in [0.15, 0.2) is 17.3 Å². The van der Waals surface area contributed by atoms with Crippen LogP contribution >= 0.6 is 0 Å². The first-order chi connectivity index (χ1) is 7.59. The number of hydrogen-bond acceptors (Lipinski definition) is 3. The summed E-state index contributed by atoms with van der Waals surface area (Å²) in [6, 6.07) is 1.61. The zero-order valence-corrected chi connectivity index (χ0v) is 10.2. The zero-order chi connectivity index (χ0) is 11.6. The molecule has 1 aromatic rings. The van der Waals surface area contributed by atoms with Crippen LogP contribution in [-0.2, 0) is 17.1 Å². The smallest absolute Gasteiger partial charge is 0.256 e. The van der Waals surface area contributed by atoms with Gasteiger partial charge in [0.1, 0.15) is 0 Å². The van der Waals surface area contributed by atoms with Crippen LogP contribution < -0.4 is 4.72 Å². The van der Waals surface area contributed by atoms with E-state index >= 15 is 0 Å². The van der Waals surface area contributed by atoms with Gasteiger partial charge in [0.15, 0.2) is 5.03 Å². The van der Waals surface area contributed by atoms with Gasteiger partial charge >= 0.3 is 0 Å². The fraction of sp³-hybridized carbons (Fsp3) is 0.700. The van der Waals surface area contributed by atoms with Gasteiger partial charge in [-0.05, 0) is 18.9 Å². The number of rotatable bonds is 3. The van der Waals surface area contributed by atoms with E-state index in [4.69, 9.17) is 0 Å². The molecule has 0 unspecified atom stereocenters. The zero-order valence-electron chi connectivity index (χ0n) is 9.39. The van der Waals surface area contributed by atoms with Crippen LogP contribution in [0.1, 0.15) is 32.1 Å². The lowest BCUT2D eigenvalue weighted by Crippen LogP contribution is -2.36. The predicted octanol–water partition coefficient (Wildman–Crippen LogP) is 1.03. The van der Waals surface area contributed by atoms with Crippen LogP contribution in [-0.4, -0.2) is 24.2 Å². The summed E-state index contributed by atoms with van der Waals surface area (Å²) in [6.07, 6.45) is 6.81. The van der Waals surface area contributed by atoms with Gasteiger partial charge in [0.2, 0.25) is 0 Å². The Labute approximate surface area is 95.9 Å². The van der Waals surface area contributed by atoms with Crippen LogP contribution in [0, 0.1) is 0 Å². The number of aromatic nitrogens is 2. The van der Waals surface area contributed by atoms with Gasteiger partial charge in [0.05, 0.1) is 6.20 Å². The Kier molecular flexibility index (Phi) is 3.30. The van der Waals surface area contributed by atoms with Crippen molar-refractivity contribution >= 4 is 10.0 Å². The van der Waals surface area contributed by atoms with Crippen molar-refractivity contribution < 1.29 is 8.42 Å². The fourth-order valence-electron chi connectivity index (χ4n) is 2.13. The van der Waals surface area contributed by atoms with Crippen LogP contribution in [0.25, 0.3) is 0 Å². The van der Waals surface area contributed by atoms with E-state index in [1.807, 2.05) is 0 Å². The Balaban J connectivity index is 2.11. The molecule has 0 amide bonds. The van der Waals surface area contributed by atoms with Gasteiger partial charge in [-0.2, -0.15) is 5.10 Å². The molecule has 0 atom stereocenters. The largest absolute Gasteiger partial charge is 0.257 e. The molecule has 1 aliphatic rings. The SMILES string of the molecule is Cn1nccc1S(=O)(=O)NC1CCCCC1. The van der Waals surface area contributed by atoms with E-state index in [-0.39, 0.29) is 11.1 Å². The van der Waals surface area contributed by atoms with Crippen molar-refractivity contribution in [3.8, 4) is 0 Å². The first kappa shape index (κ1) is 11.6. The van der Waals surface area contributed by atoms with E-state index in [1.54, 1.807) is 7.05 Å². The van der Waals surface area contributed by atoms with Crippen molar-refractivity contribution in [2.45, 2.75) is 43.2 Å². The van der Waals surface area contributed by atoms with E-state index in [0.717, 1.165) is 25.7 Å². The first-order valence-corrected chi connectivity index (χ1v) is 7.08. The molecule has 1 aromatic heterocycles. The molecular formula is C10H17N3O2S. The van der Waals surface area contributed by atoms with Crippen LogP contribution in [0.3, 0.4) is 0 Å². The summed E-state index contributed by atoms with van der Waals surface area (Å²) >= 11 is 0. The van der Waals surface area contributed by atoms with Crippen molar-refractivity contribution in [2.75, 3.05) is 0 Å². The van der Waals surface area contributed by atoms with Gasteiger partial charge in [-0.25, -0.2) is 13.1 Å². The van der Waals surface area contributed by atoms with Crippen LogP contribution in [0.2, 0.25) is 0 Å². The van der Waals surface area contributed by atoms with Crippen molar-refractivity contribution in [2.24, 2.45) is 7.05 Å². The topological polar surface area (TPSA) is 64.0 Å². The van der Waals surface area contributed by atoms with Crippen molar-refractivity contribution in [1.29, 1.82) is 0 Å². The molecule has 0 spiro atoms. The summed E-state index contributed by atoms with van der Waals surface area (Å²) in [5.74, 6) is 0. The quantitative estimate of drug-likeness (QED) is 0.862. The van der Waals surface area contributed by atoms with Crippen molar-refractivity contribution in [1.82, 2.24) is 14.5 Å². The Morgan fingerprint density at radius 3 is 2.62 bits per heavy atom. The van der Waals surface area contributed by atoms with E-state index in [0.29, 0.717) is 0 Å². The van der Waals surface area contributed by atoms with E-state index in [1.165, 1.54) is 23.4 Å². The Morgan fingerprint density at radius 1 is 1.38 bits per heavy atom. The minimum atomic E-state index is -3.40. The van der Waals surface area contributed by atoms with Gasteiger partial charge in [0.25, 0.3) is 10.0 Å². The molecule has 0 radical (unpaired) electrons. The fourth-order valence-corrected chi connectivity index (χ4v) is 3.56. The number of sulfonamides is 1. The summed E-state index contributed by atoms with van der Waals surface area (Å²) in [7, 11) is -1.76. The summed E-state index contributed by atoms with van der Waals surface area (Å²) in [5, 5.41) is 4.11. The summed E-state index contributed by atoms with van der Waals surface area (Å²) < 4.78 is 28.2. The second-order valence-electron chi connectivity index (χ2n) is 4.25. The van der Waals surface area contributed by atoms with Gasteiger partial charge in [-0.1, -0.05) is 19.3 Å². The Bertz CT molecular complexity index is 446. The molecule has 90 valence electrons. The second kappa shape index (κ2) is 4.55. The van der Waals surface area contributed by atoms with E-state index in [9.17, 15) is 8.42 Å². The molecule has 1 heterocycles. The molecule has 0 bridgehead atoms. The number of nitrogens with zero attached hydrogens (tertiary/aromatic N) is 2. The third-order valence-electron chi connectivity index (χ3n) is 2.98. The third kappa shape index (κ3) is 2.44. The number of hydrogen-bond donors (Lipinski definition) is 1. The first-order valence-electron chi connectivity index (χ1n) is 5.60. The minimum absolute atomic E-state index is 0.0913. The molecule has 0 aromatic carbocycles. The average Bonchev–Trinajstić information content (AvgIpc) is 2.66. The van der Waals surface area contributed by atoms with E-state index in [2.05, 4.69) is 9.82 Å². The monoisotopic (exact) mass is 243 g/mol. The van der Waals surface area contributed by atoms with Crippen LogP contribution in [0.5, 0.6) is 0 Å². The second-order valence-corrected chi connectivity index (χ2v) is 5.91. The molecule has 0 aliphatic heterocycles. The minimum Gasteiger partial charge on any atom is -0.256 e. The average molecular weight is 243 g/mol. The highest BCUT2D eigenvalue weighted by molar-refractivity contribution is 7.89. The predicted molar refractivity (Wildman–Crippen MR) is 60.4 cm³/mol. The Hall–Kier alpha value is -0.880. The third-order valence-corrected chi connectivity index (χ3v) is 4.57. The molecule has 5 nitrogen and oxygen atoms in total. The van der Waals surface area contributed by atoms with Crippen molar-refractivity contribution in [3.05, 3.63) is 12.3 Å². The molecule has 1 fully saturated rings. The lowest BCUT2D eigenvalue weighted by Gasteiger charge is -2.22. The highest BCUT2D eigenvalue weighted by atomic mass is 32.2. The van der Waals surface area contributed by atoms with Gasteiger partial charge < -0.3 is 0 Å². The summed E-state index contributed by atoms with van der Waals surface area (Å²) in [4.78, 5) is 0. The standard InChI is InChI=1S/C10H17N3O2S/c1-13-10(7-8-11-13)16(14,15)12-9-5-3-2-4-6-9/h7-9,12H,2-6H2,1H3. The summed E-state index contributed by atoms with van der Waals surface area (Å²) in [5.41, 5.74) is 0. The Morgan fingerprint density at radius 2 is 2.06 bits per heavy atom. The molecule has 16 heavy (non-hydrogen) atoms. The van der Waals surface area contributed by atoms with Gasteiger partial charge in [-0.15, -0.1) is 0 Å². The van der Waals surface area contributed by atoms with E-state index < -0.39 is 10.0 Å². The van der Waals surface area contributed by atoms with Gasteiger partial charge in [-0.3, -0.25) is 4.68 Å². The lowest BCUT2D eigenvalue weighted by molar-refractivity contribution is 0.410. The lowest BCUT2D eigenvalue weighted by atomic mass is 9.96. The molecule has 0 saturated heterocycles. The van der Waals surface area contributed by atoms with Crippen molar-refractivity contribution in [3.63, 3.8) is 0 Å². The molecule has 2 rings (SSSR count). The normalized spacial score (nSPS) is 18.8. The van der Waals surface area contributed by atoms with Gasteiger partial charge in [0, 0.05) is 13.1 Å². The number of aryl methyl sites for hydroxylation is 1. The summed E-state index contributed by atoms with van der Waals surface area (Å²) in [6.45, 7) is 0.